The smallest absolute Gasteiger partial charge is 0.175 e. The van der Waals surface area contributed by atoms with Gasteiger partial charge in [0.25, 0.3) is 0 Å². The van der Waals surface area contributed by atoms with Crippen LogP contribution >= 0.6 is 0 Å². The molecule has 0 fully saturated rings. The molecule has 0 spiro atoms. The van der Waals surface area contributed by atoms with E-state index in [1.807, 2.05) is 40.8 Å². The molecule has 5 nitrogen and oxygen atoms in total. The molecule has 0 saturated carbocycles. The van der Waals surface area contributed by atoms with Gasteiger partial charge in [0, 0.05) is 11.9 Å². The highest BCUT2D eigenvalue weighted by Crippen LogP contribution is 2.12. The Bertz CT molecular complexity index is 663. The Balaban J connectivity index is 1.85. The Labute approximate surface area is 104 Å². The number of fused-ring (bicyclic) bond motifs is 1. The Hall–Kier alpha value is -2.56. The standard InChI is InChI=1S/C13H12N4O/c14-10-6-7-12-15-16-13(17(12)8-10)9-18-11-4-2-1-3-5-11/h1-8H,9,14H2. The molecule has 0 atom stereocenters. The van der Waals surface area contributed by atoms with E-state index in [1.54, 1.807) is 12.3 Å². The molecule has 1 aromatic carbocycles. The number of nitrogens with two attached hydrogens (primary N) is 1. The van der Waals surface area contributed by atoms with Crippen molar-refractivity contribution >= 4 is 11.3 Å². The van der Waals surface area contributed by atoms with Crippen LogP contribution in [-0.2, 0) is 6.61 Å². The van der Waals surface area contributed by atoms with Gasteiger partial charge in [0.05, 0.1) is 0 Å². The number of nitrogens with zero attached hydrogens (tertiary/aromatic N) is 3. The molecule has 0 bridgehead atoms. The summed E-state index contributed by atoms with van der Waals surface area (Å²) in [7, 11) is 0. The van der Waals surface area contributed by atoms with Gasteiger partial charge in [-0.3, -0.25) is 4.40 Å². The van der Waals surface area contributed by atoms with Gasteiger partial charge >= 0.3 is 0 Å². The van der Waals surface area contributed by atoms with Crippen LogP contribution in [0.3, 0.4) is 0 Å². The van der Waals surface area contributed by atoms with Crippen molar-refractivity contribution in [3.63, 3.8) is 0 Å². The maximum atomic E-state index is 5.74. The third-order valence-corrected chi connectivity index (χ3v) is 2.61. The number of aromatic nitrogens is 3. The summed E-state index contributed by atoms with van der Waals surface area (Å²) in [6, 6.07) is 13.2. The highest BCUT2D eigenvalue weighted by atomic mass is 16.5. The molecule has 2 aromatic heterocycles. The molecule has 2 heterocycles. The highest BCUT2D eigenvalue weighted by molar-refractivity contribution is 5.47. The minimum absolute atomic E-state index is 0.356. The van der Waals surface area contributed by atoms with Crippen LogP contribution in [0.1, 0.15) is 5.82 Å². The first-order valence-electron chi connectivity index (χ1n) is 5.60. The molecular weight excluding hydrogens is 228 g/mol. The number of hydrogen-bond donors (Lipinski definition) is 1. The minimum Gasteiger partial charge on any atom is -0.486 e. The summed E-state index contributed by atoms with van der Waals surface area (Å²) in [6.45, 7) is 0.356. The van der Waals surface area contributed by atoms with Crippen molar-refractivity contribution in [1.29, 1.82) is 0 Å². The summed E-state index contributed by atoms with van der Waals surface area (Å²) in [5.41, 5.74) is 7.17. The van der Waals surface area contributed by atoms with E-state index in [0.717, 1.165) is 17.2 Å². The fourth-order valence-electron chi connectivity index (χ4n) is 1.72. The van der Waals surface area contributed by atoms with Crippen molar-refractivity contribution in [3.05, 3.63) is 54.5 Å². The fourth-order valence-corrected chi connectivity index (χ4v) is 1.72. The lowest BCUT2D eigenvalue weighted by Crippen LogP contribution is -2.02. The van der Waals surface area contributed by atoms with E-state index in [0.29, 0.717) is 12.3 Å². The molecule has 18 heavy (non-hydrogen) atoms. The summed E-state index contributed by atoms with van der Waals surface area (Å²) < 4.78 is 7.47. The maximum Gasteiger partial charge on any atom is 0.175 e. The number of rotatable bonds is 3. The van der Waals surface area contributed by atoms with Crippen LogP contribution in [0.5, 0.6) is 5.75 Å². The predicted molar refractivity (Wildman–Crippen MR) is 68.2 cm³/mol. The average Bonchev–Trinajstić information content (AvgIpc) is 2.80. The lowest BCUT2D eigenvalue weighted by molar-refractivity contribution is 0.294. The number of benzene rings is 1. The first kappa shape index (κ1) is 10.6. The molecule has 0 aliphatic heterocycles. The lowest BCUT2D eigenvalue weighted by atomic mass is 10.3. The lowest BCUT2D eigenvalue weighted by Gasteiger charge is -2.04. The number of pyridine rings is 1. The number of anilines is 1. The molecule has 0 aliphatic carbocycles. The second-order valence-corrected chi connectivity index (χ2v) is 3.91. The van der Waals surface area contributed by atoms with Crippen LogP contribution in [0.4, 0.5) is 5.69 Å². The number of para-hydroxylation sites is 1. The zero-order valence-corrected chi connectivity index (χ0v) is 9.65. The zero-order valence-electron chi connectivity index (χ0n) is 9.65. The molecule has 0 unspecified atom stereocenters. The minimum atomic E-state index is 0.356. The number of hydrogen-bond acceptors (Lipinski definition) is 4. The third-order valence-electron chi connectivity index (χ3n) is 2.61. The van der Waals surface area contributed by atoms with Gasteiger partial charge in [0.2, 0.25) is 0 Å². The third kappa shape index (κ3) is 1.98. The zero-order chi connectivity index (χ0) is 12.4. The summed E-state index contributed by atoms with van der Waals surface area (Å²) >= 11 is 0. The van der Waals surface area contributed by atoms with Crippen LogP contribution in [0.2, 0.25) is 0 Å². The molecule has 3 rings (SSSR count). The topological polar surface area (TPSA) is 65.4 Å². The summed E-state index contributed by atoms with van der Waals surface area (Å²) in [5.74, 6) is 1.53. The van der Waals surface area contributed by atoms with E-state index >= 15 is 0 Å². The van der Waals surface area contributed by atoms with Gasteiger partial charge < -0.3 is 10.5 Å². The Morgan fingerprint density at radius 3 is 2.72 bits per heavy atom. The monoisotopic (exact) mass is 240 g/mol. The molecule has 3 aromatic rings. The molecule has 0 amide bonds. The summed E-state index contributed by atoms with van der Waals surface area (Å²) in [6.07, 6.45) is 1.79. The van der Waals surface area contributed by atoms with E-state index in [-0.39, 0.29) is 0 Å². The van der Waals surface area contributed by atoms with Gasteiger partial charge in [-0.25, -0.2) is 0 Å². The molecular formula is C13H12N4O. The van der Waals surface area contributed by atoms with E-state index in [9.17, 15) is 0 Å². The Morgan fingerprint density at radius 2 is 1.89 bits per heavy atom. The second kappa shape index (κ2) is 4.37. The van der Waals surface area contributed by atoms with Crippen molar-refractivity contribution in [2.75, 3.05) is 5.73 Å². The van der Waals surface area contributed by atoms with Crippen molar-refractivity contribution in [2.45, 2.75) is 6.61 Å². The molecule has 0 saturated heterocycles. The Morgan fingerprint density at radius 1 is 1.06 bits per heavy atom. The first-order valence-corrected chi connectivity index (χ1v) is 5.60. The van der Waals surface area contributed by atoms with Gasteiger partial charge in [-0.2, -0.15) is 0 Å². The van der Waals surface area contributed by atoms with Crippen LogP contribution < -0.4 is 10.5 Å². The molecule has 2 N–H and O–H groups in total. The summed E-state index contributed by atoms with van der Waals surface area (Å²) in [5, 5.41) is 8.13. The van der Waals surface area contributed by atoms with Gasteiger partial charge in [0.15, 0.2) is 11.5 Å². The van der Waals surface area contributed by atoms with Crippen LogP contribution in [0, 0.1) is 0 Å². The van der Waals surface area contributed by atoms with Crippen LogP contribution in [0.15, 0.2) is 48.7 Å². The molecule has 5 heteroatoms. The van der Waals surface area contributed by atoms with Crippen molar-refractivity contribution in [3.8, 4) is 5.75 Å². The normalized spacial score (nSPS) is 10.7. The van der Waals surface area contributed by atoms with E-state index in [4.69, 9.17) is 10.5 Å². The van der Waals surface area contributed by atoms with Crippen molar-refractivity contribution < 1.29 is 4.74 Å². The quantitative estimate of drug-likeness (QED) is 0.759. The van der Waals surface area contributed by atoms with E-state index in [1.165, 1.54) is 0 Å². The second-order valence-electron chi connectivity index (χ2n) is 3.91. The van der Waals surface area contributed by atoms with Gasteiger partial charge in [0.1, 0.15) is 12.4 Å². The van der Waals surface area contributed by atoms with Crippen molar-refractivity contribution in [1.82, 2.24) is 14.6 Å². The highest BCUT2D eigenvalue weighted by Gasteiger charge is 2.06. The van der Waals surface area contributed by atoms with Crippen molar-refractivity contribution in [2.24, 2.45) is 0 Å². The van der Waals surface area contributed by atoms with Gasteiger partial charge in [-0.1, -0.05) is 18.2 Å². The van der Waals surface area contributed by atoms with Crippen LogP contribution in [0.25, 0.3) is 5.65 Å². The van der Waals surface area contributed by atoms with Gasteiger partial charge in [-0.15, -0.1) is 10.2 Å². The largest absolute Gasteiger partial charge is 0.486 e. The first-order chi connectivity index (χ1) is 8.83. The average molecular weight is 240 g/mol. The fraction of sp³-hybridized carbons (Fsp3) is 0.0769. The van der Waals surface area contributed by atoms with E-state index in [2.05, 4.69) is 10.2 Å². The number of ether oxygens (including phenoxy) is 1. The number of nitrogen functional groups attached to an aromatic ring is 1. The maximum absolute atomic E-state index is 5.74. The summed E-state index contributed by atoms with van der Waals surface area (Å²) in [4.78, 5) is 0. The SMILES string of the molecule is Nc1ccc2nnc(COc3ccccc3)n2c1. The van der Waals surface area contributed by atoms with Gasteiger partial charge in [-0.05, 0) is 24.3 Å². The van der Waals surface area contributed by atoms with Crippen LogP contribution in [-0.4, -0.2) is 14.6 Å². The molecule has 0 radical (unpaired) electrons. The van der Waals surface area contributed by atoms with E-state index < -0.39 is 0 Å². The Kier molecular flexibility index (Phi) is 2.57. The predicted octanol–water partition coefficient (Wildman–Crippen LogP) is 1.89. The molecule has 0 aliphatic rings. The molecule has 90 valence electrons.